The minimum atomic E-state index is 0.636. The van der Waals surface area contributed by atoms with E-state index in [0.717, 1.165) is 5.92 Å². The van der Waals surface area contributed by atoms with E-state index in [9.17, 15) is 0 Å². The largest absolute Gasteiger partial charge is 0.372 e. The van der Waals surface area contributed by atoms with E-state index < -0.39 is 0 Å². The molecule has 0 spiro atoms. The van der Waals surface area contributed by atoms with Gasteiger partial charge in [0.25, 0.3) is 0 Å². The molecule has 2 aliphatic rings. The first-order valence-electron chi connectivity index (χ1n) is 6.37. The lowest BCUT2D eigenvalue weighted by molar-refractivity contribution is 0.361. The lowest BCUT2D eigenvalue weighted by Gasteiger charge is -2.26. The number of hydrogen-bond acceptors (Lipinski definition) is 2. The fraction of sp³-hybridized carbons (Fsp3) is 0.571. The Balaban J connectivity index is 1.74. The van der Waals surface area contributed by atoms with Crippen molar-refractivity contribution in [1.29, 1.82) is 0 Å². The number of thioether (sulfide) groups is 1. The third-order valence-corrected chi connectivity index (χ3v) is 5.12. The molecule has 0 radical (unpaired) electrons. The van der Waals surface area contributed by atoms with Gasteiger partial charge in [0.1, 0.15) is 0 Å². The topological polar surface area (TPSA) is 12.0 Å². The van der Waals surface area contributed by atoms with Crippen molar-refractivity contribution in [3.8, 4) is 0 Å². The molecule has 0 bridgehead atoms. The maximum Gasteiger partial charge on any atom is 0.0798 e. The van der Waals surface area contributed by atoms with Gasteiger partial charge in [-0.25, -0.2) is 0 Å². The van der Waals surface area contributed by atoms with Crippen LogP contribution in [0.15, 0.2) is 23.1 Å². The van der Waals surface area contributed by atoms with Gasteiger partial charge in [-0.05, 0) is 43.4 Å². The first-order chi connectivity index (χ1) is 7.83. The number of nitrogens with one attached hydrogen (secondary N) is 1. The van der Waals surface area contributed by atoms with Gasteiger partial charge in [0.05, 0.1) is 5.37 Å². The van der Waals surface area contributed by atoms with Gasteiger partial charge in [0.15, 0.2) is 0 Å². The summed E-state index contributed by atoms with van der Waals surface area (Å²) < 4.78 is 0. The Labute approximate surface area is 102 Å². The molecule has 1 nitrogen and oxygen atoms in total. The average Bonchev–Trinajstić information content (AvgIpc) is 2.73. The van der Waals surface area contributed by atoms with E-state index in [1.54, 1.807) is 0 Å². The molecule has 1 heterocycles. The molecule has 1 N–H and O–H groups in total. The summed E-state index contributed by atoms with van der Waals surface area (Å²) in [6, 6.07) is 6.76. The molecule has 86 valence electrons. The third kappa shape index (κ3) is 1.95. The van der Waals surface area contributed by atoms with Crippen molar-refractivity contribution in [2.24, 2.45) is 5.92 Å². The zero-order chi connectivity index (χ0) is 11.0. The Morgan fingerprint density at radius 2 is 2.00 bits per heavy atom. The van der Waals surface area contributed by atoms with Gasteiger partial charge in [-0.15, -0.1) is 0 Å². The molecular formula is C14H19NS. The molecule has 1 aliphatic heterocycles. The highest BCUT2D eigenvalue weighted by atomic mass is 32.2. The zero-order valence-electron chi connectivity index (χ0n) is 9.83. The molecule has 0 amide bonds. The minimum absolute atomic E-state index is 0.636. The summed E-state index contributed by atoms with van der Waals surface area (Å²) in [6.07, 6.45) is 7.13. The van der Waals surface area contributed by atoms with Gasteiger partial charge >= 0.3 is 0 Å². The highest BCUT2D eigenvalue weighted by molar-refractivity contribution is 8.00. The second-order valence-corrected chi connectivity index (χ2v) is 6.26. The van der Waals surface area contributed by atoms with Gasteiger partial charge in [-0.2, -0.15) is 0 Å². The summed E-state index contributed by atoms with van der Waals surface area (Å²) in [4.78, 5) is 1.45. The molecular weight excluding hydrogens is 214 g/mol. The first-order valence-corrected chi connectivity index (χ1v) is 7.25. The van der Waals surface area contributed by atoms with Crippen LogP contribution in [-0.4, -0.2) is 5.37 Å². The third-order valence-electron chi connectivity index (χ3n) is 3.77. The van der Waals surface area contributed by atoms with Crippen molar-refractivity contribution in [3.05, 3.63) is 23.8 Å². The van der Waals surface area contributed by atoms with Crippen molar-refractivity contribution >= 4 is 17.4 Å². The Morgan fingerprint density at radius 1 is 1.19 bits per heavy atom. The molecule has 0 aromatic heterocycles. The van der Waals surface area contributed by atoms with E-state index in [2.05, 4.69) is 30.4 Å². The molecule has 0 saturated heterocycles. The summed E-state index contributed by atoms with van der Waals surface area (Å²) in [5, 5.41) is 4.33. The maximum atomic E-state index is 3.69. The molecule has 1 aromatic carbocycles. The van der Waals surface area contributed by atoms with Crippen LogP contribution < -0.4 is 5.32 Å². The average molecular weight is 233 g/mol. The summed E-state index contributed by atoms with van der Waals surface area (Å²) in [5.74, 6) is 0.881. The van der Waals surface area contributed by atoms with Crippen LogP contribution in [0.3, 0.4) is 0 Å². The Kier molecular flexibility index (Phi) is 2.84. The molecule has 16 heavy (non-hydrogen) atoms. The van der Waals surface area contributed by atoms with Crippen molar-refractivity contribution in [3.63, 3.8) is 0 Å². The Morgan fingerprint density at radius 3 is 2.81 bits per heavy atom. The van der Waals surface area contributed by atoms with Crippen molar-refractivity contribution in [1.82, 2.24) is 0 Å². The second-order valence-electron chi connectivity index (χ2n) is 5.08. The zero-order valence-corrected chi connectivity index (χ0v) is 10.6. The van der Waals surface area contributed by atoms with Gasteiger partial charge in [0.2, 0.25) is 0 Å². The fourth-order valence-corrected chi connectivity index (χ4v) is 4.25. The molecule has 1 aliphatic carbocycles. The van der Waals surface area contributed by atoms with E-state index >= 15 is 0 Å². The number of anilines is 1. The van der Waals surface area contributed by atoms with E-state index in [1.165, 1.54) is 48.3 Å². The Bertz CT molecular complexity index is 382. The highest BCUT2D eigenvalue weighted by Gasteiger charge is 2.29. The molecule has 1 aromatic rings. The number of benzene rings is 1. The number of rotatable bonds is 1. The van der Waals surface area contributed by atoms with Crippen LogP contribution in [0.2, 0.25) is 0 Å². The first kappa shape index (κ1) is 10.5. The van der Waals surface area contributed by atoms with Gasteiger partial charge in [0, 0.05) is 10.6 Å². The number of fused-ring (bicyclic) bond motifs is 1. The summed E-state index contributed by atoms with van der Waals surface area (Å²) in [7, 11) is 0. The summed E-state index contributed by atoms with van der Waals surface area (Å²) in [5.41, 5.74) is 2.73. The van der Waals surface area contributed by atoms with Gasteiger partial charge in [-0.1, -0.05) is 37.1 Å². The van der Waals surface area contributed by atoms with E-state index in [-0.39, 0.29) is 0 Å². The predicted octanol–water partition coefficient (Wildman–Crippen LogP) is 4.42. The lowest BCUT2D eigenvalue weighted by atomic mass is 9.89. The van der Waals surface area contributed by atoms with Crippen LogP contribution in [0.1, 0.15) is 37.7 Å². The standard InChI is InChI=1S/C14H19NS/c1-10-7-8-12-13(9-10)16-14(15-12)11-5-3-2-4-6-11/h7-9,11,14-15H,2-6H2,1H3. The molecule has 3 rings (SSSR count). The molecule has 2 heteroatoms. The minimum Gasteiger partial charge on any atom is -0.372 e. The van der Waals surface area contributed by atoms with Crippen LogP contribution in [-0.2, 0) is 0 Å². The van der Waals surface area contributed by atoms with Gasteiger partial charge < -0.3 is 5.32 Å². The number of aryl methyl sites for hydroxylation is 1. The van der Waals surface area contributed by atoms with Crippen LogP contribution >= 0.6 is 11.8 Å². The molecule has 1 unspecified atom stereocenters. The fourth-order valence-electron chi connectivity index (χ4n) is 2.82. The van der Waals surface area contributed by atoms with E-state index in [1.807, 2.05) is 11.8 Å². The normalized spacial score (nSPS) is 25.2. The van der Waals surface area contributed by atoms with Crippen LogP contribution in [0.5, 0.6) is 0 Å². The van der Waals surface area contributed by atoms with Crippen LogP contribution in [0.25, 0.3) is 0 Å². The van der Waals surface area contributed by atoms with Crippen molar-refractivity contribution < 1.29 is 0 Å². The van der Waals surface area contributed by atoms with E-state index in [0.29, 0.717) is 5.37 Å². The maximum absolute atomic E-state index is 3.69. The SMILES string of the molecule is Cc1ccc2c(c1)SC(C1CCCCC1)N2. The quantitative estimate of drug-likeness (QED) is 0.770. The molecule has 1 atom stereocenters. The van der Waals surface area contributed by atoms with Crippen LogP contribution in [0, 0.1) is 12.8 Å². The van der Waals surface area contributed by atoms with E-state index in [4.69, 9.17) is 0 Å². The lowest BCUT2D eigenvalue weighted by Crippen LogP contribution is -2.24. The summed E-state index contributed by atoms with van der Waals surface area (Å²) >= 11 is 2.05. The second kappa shape index (κ2) is 4.33. The van der Waals surface area contributed by atoms with Crippen LogP contribution in [0.4, 0.5) is 5.69 Å². The Hall–Kier alpha value is -0.630. The van der Waals surface area contributed by atoms with Crippen molar-refractivity contribution in [2.45, 2.75) is 49.3 Å². The molecule has 1 fully saturated rings. The monoisotopic (exact) mass is 233 g/mol. The smallest absolute Gasteiger partial charge is 0.0798 e. The summed E-state index contributed by atoms with van der Waals surface area (Å²) in [6.45, 7) is 2.18. The number of hydrogen-bond donors (Lipinski definition) is 1. The molecule has 1 saturated carbocycles. The van der Waals surface area contributed by atoms with Gasteiger partial charge in [-0.3, -0.25) is 0 Å². The van der Waals surface area contributed by atoms with Crippen molar-refractivity contribution in [2.75, 3.05) is 5.32 Å². The highest BCUT2D eigenvalue weighted by Crippen LogP contribution is 2.44. The predicted molar refractivity (Wildman–Crippen MR) is 71.0 cm³/mol.